The third-order valence-corrected chi connectivity index (χ3v) is 7.40. The van der Waals surface area contributed by atoms with Crippen molar-refractivity contribution in [2.24, 2.45) is 5.41 Å². The van der Waals surface area contributed by atoms with E-state index in [1.807, 2.05) is 12.1 Å². The fourth-order valence-electron chi connectivity index (χ4n) is 5.00. The summed E-state index contributed by atoms with van der Waals surface area (Å²) in [6.45, 7) is 11.8. The zero-order valence-corrected chi connectivity index (χ0v) is 26.2. The van der Waals surface area contributed by atoms with Crippen molar-refractivity contribution in [1.29, 1.82) is 0 Å². The molecule has 5 heterocycles. The summed E-state index contributed by atoms with van der Waals surface area (Å²) < 4.78 is 17.4. The Kier molecular flexibility index (Phi) is 16.5. The molecule has 0 aliphatic carbocycles. The number of piperidine rings is 2. The summed E-state index contributed by atoms with van der Waals surface area (Å²) in [5, 5.41) is 3.28. The Hall–Kier alpha value is -0.219. The number of rotatable bonds is 2. The monoisotopic (exact) mass is 550 g/mol. The molecule has 0 unspecified atom stereocenters. The molecule has 2 bridgehead atoms. The number of fused-ring (bicyclic) bond motifs is 3. The first-order valence-electron chi connectivity index (χ1n) is 13.6. The van der Waals surface area contributed by atoms with Gasteiger partial charge in [-0.25, -0.2) is 0 Å². The number of nitrogens with one attached hydrogen (secondary N) is 1. The molecule has 5 nitrogen and oxygen atoms in total. The molecule has 0 spiro atoms. The van der Waals surface area contributed by atoms with E-state index in [-0.39, 0.29) is 71.7 Å². The molecule has 0 aromatic heterocycles. The Morgan fingerprint density at radius 2 is 1.13 bits per heavy atom. The second-order valence-corrected chi connectivity index (χ2v) is 11.0. The van der Waals surface area contributed by atoms with Crippen LogP contribution in [0, 0.1) is 19.3 Å². The molecule has 1 N–H and O–H groups in total. The molecule has 7 rings (SSSR count). The molecular weight excluding hydrogens is 498 g/mol. The van der Waals surface area contributed by atoms with Crippen LogP contribution in [-0.4, -0.2) is 52.8 Å². The summed E-state index contributed by atoms with van der Waals surface area (Å²) in [6.07, 6.45) is 8.33. The number of anilines is 1. The minimum atomic E-state index is -1.67. The van der Waals surface area contributed by atoms with Gasteiger partial charge in [0, 0.05) is 44.0 Å². The van der Waals surface area contributed by atoms with Gasteiger partial charge in [0.2, 0.25) is 0 Å². The van der Waals surface area contributed by atoms with E-state index in [9.17, 15) is 0 Å². The van der Waals surface area contributed by atoms with Crippen LogP contribution in [0.1, 0.15) is 71.4 Å². The summed E-state index contributed by atoms with van der Waals surface area (Å²) in [5.41, 5.74) is 5.01. The van der Waals surface area contributed by atoms with E-state index in [0.29, 0.717) is 0 Å². The van der Waals surface area contributed by atoms with Crippen LogP contribution in [0.2, 0.25) is 0 Å². The molecule has 7 heteroatoms. The summed E-state index contributed by atoms with van der Waals surface area (Å²) in [5.74, 6) is 0. The van der Waals surface area contributed by atoms with E-state index in [1.165, 1.54) is 81.5 Å². The normalized spacial score (nSPS) is 25.6. The van der Waals surface area contributed by atoms with Gasteiger partial charge in [0.05, 0.1) is 0 Å². The molecule has 5 fully saturated rings. The Morgan fingerprint density at radius 3 is 1.55 bits per heavy atom. The molecule has 38 heavy (non-hydrogen) atoms. The van der Waals surface area contributed by atoms with Crippen molar-refractivity contribution in [2.45, 2.75) is 74.1 Å². The number of hydrogen-bond donors (Lipinski definition) is 1. The van der Waals surface area contributed by atoms with Gasteiger partial charge >= 0.3 is 58.1 Å². The molecule has 2 aromatic rings. The Morgan fingerprint density at radius 1 is 0.684 bits per heavy atom. The summed E-state index contributed by atoms with van der Waals surface area (Å²) in [4.78, 5) is 2.49. The zero-order valence-electron chi connectivity index (χ0n) is 23.1. The maximum atomic E-state index is 5.81. The Balaban J connectivity index is 0.000000297. The van der Waals surface area contributed by atoms with Crippen molar-refractivity contribution in [1.82, 2.24) is 5.32 Å². The van der Waals surface area contributed by atoms with Crippen molar-refractivity contribution < 1.29 is 65.3 Å². The van der Waals surface area contributed by atoms with Crippen LogP contribution >= 0.6 is 0 Å². The van der Waals surface area contributed by atoms with E-state index in [4.69, 9.17) is 14.0 Å². The molecule has 0 atom stereocenters. The second-order valence-electron chi connectivity index (χ2n) is 11.0. The van der Waals surface area contributed by atoms with Crippen molar-refractivity contribution >= 4 is 17.9 Å². The summed E-state index contributed by atoms with van der Waals surface area (Å²) >= 11 is 0. The molecule has 5 saturated heterocycles. The van der Waals surface area contributed by atoms with Gasteiger partial charge in [-0.3, -0.25) is 0 Å². The van der Waals surface area contributed by atoms with Crippen molar-refractivity contribution in [3.63, 3.8) is 0 Å². The maximum Gasteiger partial charge on any atom is 1.00 e. The van der Waals surface area contributed by atoms with Crippen LogP contribution in [0.15, 0.2) is 48.5 Å². The third kappa shape index (κ3) is 10.3. The first-order chi connectivity index (χ1) is 17.0. The predicted molar refractivity (Wildman–Crippen MR) is 160 cm³/mol. The van der Waals surface area contributed by atoms with Gasteiger partial charge in [-0.05, 0) is 71.2 Å². The minimum Gasteiger partial charge on any atom is -0.540 e. The molecule has 0 radical (unpaired) electrons. The van der Waals surface area contributed by atoms with Crippen LogP contribution in [0.4, 0.5) is 5.69 Å². The summed E-state index contributed by atoms with van der Waals surface area (Å²) in [6, 6.07) is 17.1. The molecule has 208 valence electrons. The topological polar surface area (TPSA) is 43.0 Å². The van der Waals surface area contributed by atoms with Gasteiger partial charge < -0.3 is 24.2 Å². The molecule has 2 aromatic carbocycles. The third-order valence-electron chi connectivity index (χ3n) is 7.40. The smallest absolute Gasteiger partial charge is 0.540 e. The van der Waals surface area contributed by atoms with Crippen molar-refractivity contribution in [3.05, 3.63) is 59.7 Å². The number of nitrogens with zero attached hydrogens (tertiary/aromatic N) is 1. The van der Waals surface area contributed by atoms with E-state index in [2.05, 4.69) is 67.4 Å². The van der Waals surface area contributed by atoms with Gasteiger partial charge in [-0.15, -0.1) is 5.46 Å². The average Bonchev–Trinajstić information content (AvgIpc) is 2.92. The van der Waals surface area contributed by atoms with Crippen LogP contribution < -0.4 is 67.1 Å². The molecule has 5 aliphatic heterocycles. The van der Waals surface area contributed by atoms with Crippen molar-refractivity contribution in [2.75, 3.05) is 50.9 Å². The first kappa shape index (κ1) is 35.8. The number of benzene rings is 2. The molecule has 5 aliphatic rings. The van der Waals surface area contributed by atoms with Gasteiger partial charge in [-0.2, -0.15) is 0 Å². The van der Waals surface area contributed by atoms with Crippen LogP contribution in [0.5, 0.6) is 0 Å². The molecular formula is C31H52BKN2O3. The Labute approximate surface area is 276 Å². The van der Waals surface area contributed by atoms with Gasteiger partial charge in [0.15, 0.2) is 0 Å². The minimum absolute atomic E-state index is 0. The van der Waals surface area contributed by atoms with E-state index >= 15 is 0 Å². The van der Waals surface area contributed by atoms with E-state index < -0.39 is 6.75 Å². The number of hydrogen-bond acceptors (Lipinski definition) is 5. The first-order valence-corrected chi connectivity index (χ1v) is 13.6. The van der Waals surface area contributed by atoms with Gasteiger partial charge in [0.1, 0.15) is 0 Å². The second kappa shape index (κ2) is 17.6. The van der Waals surface area contributed by atoms with Crippen LogP contribution in [-0.2, 0) is 14.0 Å². The van der Waals surface area contributed by atoms with Crippen LogP contribution in [0.25, 0.3) is 0 Å². The largest absolute Gasteiger partial charge is 1.00 e. The maximum absolute atomic E-state index is 5.81. The zero-order chi connectivity index (χ0) is 24.6. The van der Waals surface area contributed by atoms with Gasteiger partial charge in [0.25, 0.3) is 0 Å². The van der Waals surface area contributed by atoms with Gasteiger partial charge in [-0.1, -0.05) is 75.7 Å². The quantitative estimate of drug-likeness (QED) is 0.582. The van der Waals surface area contributed by atoms with Crippen LogP contribution in [0.3, 0.4) is 0 Å². The summed E-state index contributed by atoms with van der Waals surface area (Å²) in [7, 11) is 0. The molecule has 0 saturated carbocycles. The number of aryl methyl sites for hydroxylation is 2. The molecule has 0 amide bonds. The predicted octanol–water partition coefficient (Wildman–Crippen LogP) is 3.25. The Bertz CT molecular complexity index is 864. The van der Waals surface area contributed by atoms with Crippen molar-refractivity contribution in [3.8, 4) is 0 Å². The SMILES string of the molecule is C.C.C1CCNCC1.Cc1ccc(N2CCCCC2)cc1.Cc1ccc([B-]23OCC(C)(CO2)CO3)cc1.[K+]. The van der Waals surface area contributed by atoms with E-state index in [1.54, 1.807) is 0 Å². The average molecular weight is 551 g/mol. The fourth-order valence-corrected chi connectivity index (χ4v) is 5.00. The fraction of sp³-hybridized carbons (Fsp3) is 0.613. The standard InChI is InChI=1S/C12H16BO3.C12H17N.C5H11N.2CH4.K/c1-10-3-5-11(6-4-10)13-14-7-12(2,8-15-13)9-16-13;1-11-5-7-12(8-6-11)13-9-3-2-4-10-13;1-2-4-6-5-3-1;;;/h3-6H,7-9H2,1-2H3;5-8H,2-4,9-10H2,1H3;6H,1-5H2;2*1H4;/q-1;;;;;+1. The van der Waals surface area contributed by atoms with E-state index in [0.717, 1.165) is 25.3 Å².